The number of nitrogens with zero attached hydrogens (tertiary/aromatic N) is 2. The molecular weight excluding hydrogens is 356 g/mol. The van der Waals surface area contributed by atoms with Crippen LogP contribution in [0.15, 0.2) is 36.4 Å². The number of carbonyl (C=O) groups excluding carboxylic acids is 1. The molecule has 150 valence electrons. The molecule has 28 heavy (non-hydrogen) atoms. The van der Waals surface area contributed by atoms with Gasteiger partial charge in [0.05, 0.1) is 24.1 Å². The summed E-state index contributed by atoms with van der Waals surface area (Å²) in [6, 6.07) is 11.8. The van der Waals surface area contributed by atoms with E-state index < -0.39 is 5.97 Å². The van der Waals surface area contributed by atoms with Crippen LogP contribution in [0.25, 0.3) is 0 Å². The van der Waals surface area contributed by atoms with Gasteiger partial charge in [-0.1, -0.05) is 30.3 Å². The number of carboxylic acid groups (broad SMARTS) is 1. The molecule has 6 heteroatoms. The van der Waals surface area contributed by atoms with E-state index in [0.29, 0.717) is 18.5 Å². The lowest BCUT2D eigenvalue weighted by molar-refractivity contribution is -0.137. The summed E-state index contributed by atoms with van der Waals surface area (Å²) in [4.78, 5) is 26.2. The summed E-state index contributed by atoms with van der Waals surface area (Å²) in [5.41, 5.74) is 3.71. The highest BCUT2D eigenvalue weighted by atomic mass is 16.5. The van der Waals surface area contributed by atoms with Gasteiger partial charge in [0.1, 0.15) is 0 Å². The molecule has 3 atom stereocenters. The van der Waals surface area contributed by atoms with Gasteiger partial charge < -0.3 is 19.3 Å². The van der Waals surface area contributed by atoms with Crippen LogP contribution in [0.5, 0.6) is 0 Å². The number of aromatic nitrogens is 1. The molecule has 1 aliphatic heterocycles. The molecule has 1 amide bonds. The number of carbonyl (C=O) groups is 2. The first-order chi connectivity index (χ1) is 13.3. The third-order valence-corrected chi connectivity index (χ3v) is 5.76. The van der Waals surface area contributed by atoms with E-state index in [9.17, 15) is 14.7 Å². The third kappa shape index (κ3) is 3.83. The summed E-state index contributed by atoms with van der Waals surface area (Å²) in [5.74, 6) is -1.02. The van der Waals surface area contributed by atoms with Gasteiger partial charge in [0.2, 0.25) is 0 Å². The lowest BCUT2D eigenvalue weighted by atomic mass is 10.1. The van der Waals surface area contributed by atoms with Gasteiger partial charge in [-0.25, -0.2) is 0 Å². The Balaban J connectivity index is 1.91. The number of likely N-dealkylation sites (tertiary alicyclic amines) is 1. The Labute approximate surface area is 165 Å². The Morgan fingerprint density at radius 3 is 2.54 bits per heavy atom. The van der Waals surface area contributed by atoms with Crippen LogP contribution in [0.1, 0.15) is 53.1 Å². The number of carboxylic acids is 1. The van der Waals surface area contributed by atoms with Crippen LogP contribution in [0, 0.1) is 13.8 Å². The Kier molecular flexibility index (Phi) is 5.89. The first-order valence-electron chi connectivity index (χ1n) is 9.62. The third-order valence-electron chi connectivity index (χ3n) is 5.76. The lowest BCUT2D eigenvalue weighted by Crippen LogP contribution is -2.37. The number of ether oxygens (including phenoxy) is 1. The van der Waals surface area contributed by atoms with Crippen LogP contribution in [0.2, 0.25) is 0 Å². The fraction of sp³-hybridized carbons (Fsp3) is 0.455. The maximum atomic E-state index is 13.3. The van der Waals surface area contributed by atoms with E-state index in [1.54, 1.807) is 12.0 Å². The topological polar surface area (TPSA) is 71.8 Å². The van der Waals surface area contributed by atoms with E-state index in [0.717, 1.165) is 11.4 Å². The van der Waals surface area contributed by atoms with Gasteiger partial charge in [0, 0.05) is 31.1 Å². The standard InChI is InChI=1S/C22H28N2O4/c1-14-10-20(16(3)24(14)15(2)17-8-6-5-7-9-17)22(27)23-13-19(28-4)11-18(23)12-21(25)26/h5-10,15,18-19H,11-13H2,1-4H3,(H,25,26). The van der Waals surface area contributed by atoms with E-state index in [1.807, 2.05) is 38.1 Å². The Morgan fingerprint density at radius 2 is 1.93 bits per heavy atom. The van der Waals surface area contributed by atoms with Crippen LogP contribution in [0.3, 0.4) is 0 Å². The lowest BCUT2D eigenvalue weighted by Gasteiger charge is -2.24. The second-order valence-electron chi connectivity index (χ2n) is 7.54. The van der Waals surface area contributed by atoms with Gasteiger partial charge in [-0.2, -0.15) is 0 Å². The molecule has 6 nitrogen and oxygen atoms in total. The summed E-state index contributed by atoms with van der Waals surface area (Å²) in [5, 5.41) is 9.22. The molecule has 1 aromatic carbocycles. The minimum atomic E-state index is -0.900. The van der Waals surface area contributed by atoms with Crippen LogP contribution in [0.4, 0.5) is 0 Å². The molecule has 1 N–H and O–H groups in total. The van der Waals surface area contributed by atoms with Crippen molar-refractivity contribution in [2.45, 2.75) is 51.8 Å². The minimum Gasteiger partial charge on any atom is -0.481 e. The molecule has 3 unspecified atom stereocenters. The van der Waals surface area contributed by atoms with Crippen LogP contribution < -0.4 is 0 Å². The predicted octanol–water partition coefficient (Wildman–Crippen LogP) is 3.42. The van der Waals surface area contributed by atoms with Gasteiger partial charge in [-0.15, -0.1) is 0 Å². The molecule has 0 bridgehead atoms. The van der Waals surface area contributed by atoms with Crippen LogP contribution in [-0.4, -0.2) is 52.3 Å². The predicted molar refractivity (Wildman–Crippen MR) is 107 cm³/mol. The summed E-state index contributed by atoms with van der Waals surface area (Å²) >= 11 is 0. The molecular formula is C22H28N2O4. The molecule has 2 heterocycles. The number of aliphatic carboxylic acids is 1. The Morgan fingerprint density at radius 1 is 1.25 bits per heavy atom. The zero-order valence-electron chi connectivity index (χ0n) is 16.9. The largest absolute Gasteiger partial charge is 0.481 e. The van der Waals surface area contributed by atoms with Crippen molar-refractivity contribution >= 4 is 11.9 Å². The number of methoxy groups -OCH3 is 1. The average Bonchev–Trinajstić information content (AvgIpc) is 3.21. The van der Waals surface area contributed by atoms with Crippen LogP contribution in [-0.2, 0) is 9.53 Å². The highest BCUT2D eigenvalue weighted by molar-refractivity contribution is 5.96. The van der Waals surface area contributed by atoms with E-state index in [-0.39, 0.29) is 30.5 Å². The quantitative estimate of drug-likeness (QED) is 0.828. The van der Waals surface area contributed by atoms with E-state index in [1.165, 1.54) is 5.56 Å². The summed E-state index contributed by atoms with van der Waals surface area (Å²) in [7, 11) is 1.60. The maximum Gasteiger partial charge on any atom is 0.305 e. The molecule has 1 aliphatic rings. The normalized spacial score (nSPS) is 20.4. The number of rotatable bonds is 6. The van der Waals surface area contributed by atoms with E-state index >= 15 is 0 Å². The first-order valence-corrected chi connectivity index (χ1v) is 9.62. The van der Waals surface area contributed by atoms with Crippen LogP contribution >= 0.6 is 0 Å². The highest BCUT2D eigenvalue weighted by Gasteiger charge is 2.38. The smallest absolute Gasteiger partial charge is 0.305 e. The zero-order valence-corrected chi connectivity index (χ0v) is 16.9. The number of hydrogen-bond acceptors (Lipinski definition) is 3. The van der Waals surface area contributed by atoms with Gasteiger partial charge in [0.15, 0.2) is 0 Å². The summed E-state index contributed by atoms with van der Waals surface area (Å²) in [6.45, 7) is 6.49. The average molecular weight is 384 g/mol. The zero-order chi connectivity index (χ0) is 20.4. The van der Waals surface area contributed by atoms with Crippen molar-refractivity contribution in [1.82, 2.24) is 9.47 Å². The number of amides is 1. The highest BCUT2D eigenvalue weighted by Crippen LogP contribution is 2.29. The molecule has 3 rings (SSSR count). The molecule has 0 radical (unpaired) electrons. The number of benzene rings is 1. The molecule has 1 aromatic heterocycles. The van der Waals surface area contributed by atoms with Crippen molar-refractivity contribution in [1.29, 1.82) is 0 Å². The van der Waals surface area contributed by atoms with Crippen molar-refractivity contribution in [3.8, 4) is 0 Å². The summed E-state index contributed by atoms with van der Waals surface area (Å²) in [6.07, 6.45) is 0.360. The van der Waals surface area contributed by atoms with Crippen molar-refractivity contribution in [3.63, 3.8) is 0 Å². The fourth-order valence-electron chi connectivity index (χ4n) is 4.31. The van der Waals surface area contributed by atoms with Crippen molar-refractivity contribution in [2.24, 2.45) is 0 Å². The first kappa shape index (κ1) is 20.1. The number of aryl methyl sites for hydroxylation is 1. The van der Waals surface area contributed by atoms with E-state index in [2.05, 4.69) is 23.6 Å². The summed E-state index contributed by atoms with van der Waals surface area (Å²) < 4.78 is 7.57. The maximum absolute atomic E-state index is 13.3. The Hall–Kier alpha value is -2.60. The van der Waals surface area contributed by atoms with Crippen molar-refractivity contribution < 1.29 is 19.4 Å². The second kappa shape index (κ2) is 8.19. The number of hydrogen-bond donors (Lipinski definition) is 1. The van der Waals surface area contributed by atoms with Gasteiger partial charge in [-0.05, 0) is 38.8 Å². The monoisotopic (exact) mass is 384 g/mol. The van der Waals surface area contributed by atoms with Gasteiger partial charge in [0.25, 0.3) is 5.91 Å². The van der Waals surface area contributed by atoms with E-state index in [4.69, 9.17) is 4.74 Å². The molecule has 0 aliphatic carbocycles. The van der Waals surface area contributed by atoms with Gasteiger partial charge >= 0.3 is 5.97 Å². The molecule has 1 fully saturated rings. The fourth-order valence-corrected chi connectivity index (χ4v) is 4.31. The SMILES string of the molecule is COC1CC(CC(=O)O)N(C(=O)c2cc(C)n(C(C)c3ccccc3)c2C)C1. The van der Waals surface area contributed by atoms with Gasteiger partial charge in [-0.3, -0.25) is 9.59 Å². The molecule has 0 spiro atoms. The molecule has 0 saturated carbocycles. The molecule has 2 aromatic rings. The molecule has 1 saturated heterocycles. The Bertz CT molecular complexity index is 859. The van der Waals surface area contributed by atoms with Crippen molar-refractivity contribution in [3.05, 3.63) is 58.9 Å². The second-order valence-corrected chi connectivity index (χ2v) is 7.54. The minimum absolute atomic E-state index is 0.0647. The van der Waals surface area contributed by atoms with Crippen molar-refractivity contribution in [2.75, 3.05) is 13.7 Å².